The van der Waals surface area contributed by atoms with E-state index in [9.17, 15) is 19.5 Å². The maximum Gasteiger partial charge on any atom is 0.297 e. The number of fused-ring (bicyclic) bond motifs is 1. The molecule has 0 aliphatic carbocycles. The average Bonchev–Trinajstić information content (AvgIpc) is 3.35. The van der Waals surface area contributed by atoms with Gasteiger partial charge in [-0.2, -0.15) is 0 Å². The molecule has 1 amide bonds. The van der Waals surface area contributed by atoms with Crippen LogP contribution in [0.15, 0.2) is 41.3 Å². The van der Waals surface area contributed by atoms with Crippen molar-refractivity contribution < 1.29 is 28.9 Å². The van der Waals surface area contributed by atoms with Crippen LogP contribution in [0.25, 0.3) is 5.69 Å². The third-order valence-electron chi connectivity index (χ3n) is 7.83. The lowest BCUT2D eigenvalue weighted by Gasteiger charge is -2.44. The lowest BCUT2D eigenvalue weighted by Crippen LogP contribution is -2.50. The molecule has 10 heteroatoms. The first-order valence-corrected chi connectivity index (χ1v) is 15.8. The molecule has 9 nitrogen and oxygen atoms in total. The van der Waals surface area contributed by atoms with Gasteiger partial charge in [-0.1, -0.05) is 6.92 Å². The number of rotatable bonds is 8. The van der Waals surface area contributed by atoms with Crippen LogP contribution in [0, 0.1) is 5.92 Å². The summed E-state index contributed by atoms with van der Waals surface area (Å²) in [6, 6.07) is 8.71. The predicted octanol–water partition coefficient (Wildman–Crippen LogP) is 2.87. The van der Waals surface area contributed by atoms with E-state index in [1.54, 1.807) is 36.4 Å². The Kier molecular flexibility index (Phi) is 8.13. The van der Waals surface area contributed by atoms with Crippen molar-refractivity contribution in [2.24, 2.45) is 5.92 Å². The maximum absolute atomic E-state index is 13.3. The number of carbonyl (C=O) groups is 1. The van der Waals surface area contributed by atoms with E-state index in [0.29, 0.717) is 18.0 Å². The molecule has 0 saturated carbocycles. The van der Waals surface area contributed by atoms with Crippen molar-refractivity contribution >= 4 is 14.2 Å². The molecule has 1 unspecified atom stereocenters. The van der Waals surface area contributed by atoms with Gasteiger partial charge in [-0.25, -0.2) is 0 Å². The Balaban J connectivity index is 1.67. The second kappa shape index (κ2) is 11.0. The normalized spacial score (nSPS) is 24.4. The SMILES string of the molecule is COc1cccn(-c2ccc3c(c2)[C@H](OC)[C@@H](C)[C@H](C(CC(=O)N2CCC[C@H]2CO)[Si](C)(C)O)O3)c1=O. The lowest BCUT2D eigenvalue weighted by molar-refractivity contribution is -0.133. The van der Waals surface area contributed by atoms with Gasteiger partial charge in [0.1, 0.15) is 11.9 Å². The third kappa shape index (κ3) is 5.33. The molecule has 2 aromatic rings. The largest absolute Gasteiger partial charge is 0.491 e. The Morgan fingerprint density at radius 1 is 1.27 bits per heavy atom. The van der Waals surface area contributed by atoms with Crippen LogP contribution >= 0.6 is 0 Å². The van der Waals surface area contributed by atoms with E-state index < -0.39 is 14.4 Å². The number of benzene rings is 1. The number of pyridine rings is 1. The summed E-state index contributed by atoms with van der Waals surface area (Å²) >= 11 is 0. The number of carbonyl (C=O) groups excluding carboxylic acids is 1. The van der Waals surface area contributed by atoms with E-state index >= 15 is 0 Å². The highest BCUT2D eigenvalue weighted by molar-refractivity contribution is 6.71. The summed E-state index contributed by atoms with van der Waals surface area (Å²) < 4.78 is 19.2. The van der Waals surface area contributed by atoms with Crippen LogP contribution in [0.1, 0.15) is 37.9 Å². The van der Waals surface area contributed by atoms with Crippen molar-refractivity contribution in [2.75, 3.05) is 27.4 Å². The number of ether oxygens (including phenoxy) is 3. The summed E-state index contributed by atoms with van der Waals surface area (Å²) in [5, 5.41) is 9.69. The number of aliphatic hydroxyl groups excluding tert-OH is 1. The van der Waals surface area contributed by atoms with Crippen LogP contribution in [0.3, 0.4) is 0 Å². The number of aromatic nitrogens is 1. The molecule has 4 rings (SSSR count). The molecule has 1 fully saturated rings. The fraction of sp³-hybridized carbons (Fsp3) is 0.556. The molecule has 0 radical (unpaired) electrons. The van der Waals surface area contributed by atoms with E-state index in [-0.39, 0.29) is 53.8 Å². The van der Waals surface area contributed by atoms with E-state index in [4.69, 9.17) is 14.2 Å². The van der Waals surface area contributed by atoms with Crippen LogP contribution in [-0.2, 0) is 9.53 Å². The zero-order valence-corrected chi connectivity index (χ0v) is 23.2. The third-order valence-corrected chi connectivity index (χ3v) is 10.2. The molecule has 2 N–H and O–H groups in total. The second-order valence-corrected chi connectivity index (χ2v) is 14.7. The van der Waals surface area contributed by atoms with Gasteiger partial charge in [-0.3, -0.25) is 14.2 Å². The van der Waals surface area contributed by atoms with E-state index in [0.717, 1.165) is 18.4 Å². The van der Waals surface area contributed by atoms with Crippen molar-refractivity contribution in [3.8, 4) is 17.2 Å². The monoisotopic (exact) mass is 530 g/mol. The van der Waals surface area contributed by atoms with Crippen molar-refractivity contribution in [1.82, 2.24) is 9.47 Å². The first-order chi connectivity index (χ1) is 17.6. The molecule has 3 heterocycles. The fourth-order valence-electron chi connectivity index (χ4n) is 5.78. The summed E-state index contributed by atoms with van der Waals surface area (Å²) in [5.41, 5.74) is 0.824. The van der Waals surface area contributed by atoms with Gasteiger partial charge < -0.3 is 29.0 Å². The van der Waals surface area contributed by atoms with E-state index in [2.05, 4.69) is 0 Å². The molecule has 1 saturated heterocycles. The minimum atomic E-state index is -2.86. The zero-order chi connectivity index (χ0) is 26.9. The Morgan fingerprint density at radius 2 is 2.03 bits per heavy atom. The van der Waals surface area contributed by atoms with E-state index in [1.165, 1.54) is 11.7 Å². The fourth-order valence-corrected chi connectivity index (χ4v) is 7.62. The molecule has 1 aromatic heterocycles. The number of aliphatic hydroxyl groups is 1. The molecule has 2 aliphatic heterocycles. The summed E-state index contributed by atoms with van der Waals surface area (Å²) in [7, 11) is 0.241. The molecule has 1 aromatic carbocycles. The molecule has 202 valence electrons. The van der Waals surface area contributed by atoms with Crippen LogP contribution in [0.4, 0.5) is 0 Å². The van der Waals surface area contributed by atoms with Gasteiger partial charge in [0, 0.05) is 49.0 Å². The van der Waals surface area contributed by atoms with Crippen molar-refractivity contribution in [3.63, 3.8) is 0 Å². The first kappa shape index (κ1) is 27.4. The van der Waals surface area contributed by atoms with Gasteiger partial charge in [0.15, 0.2) is 14.1 Å². The van der Waals surface area contributed by atoms with Crippen molar-refractivity contribution in [3.05, 3.63) is 52.4 Å². The number of amides is 1. The number of methoxy groups -OCH3 is 2. The quantitative estimate of drug-likeness (QED) is 0.505. The summed E-state index contributed by atoms with van der Waals surface area (Å²) in [4.78, 5) is 39.1. The van der Waals surface area contributed by atoms with Gasteiger partial charge >= 0.3 is 0 Å². The molecule has 5 atom stereocenters. The highest BCUT2D eigenvalue weighted by Gasteiger charge is 2.48. The van der Waals surface area contributed by atoms with Crippen LogP contribution in [0.5, 0.6) is 11.5 Å². The standard InChI is InChI=1S/C27H38N2O7Si/c1-17-25(35-3)20-14-18(29-13-7-9-22(34-2)27(29)32)10-11-21(20)36-26(17)23(37(4,5)33)15-24(31)28-12-6-8-19(28)16-30/h7,9-11,13-14,17,19,23,25-26,30,33H,6,8,12,15-16H2,1-5H3/t17-,19+,23?,25-,26-/m1/s1. The first-order valence-electron chi connectivity index (χ1n) is 12.8. The Hall–Kier alpha value is -2.66. The maximum atomic E-state index is 13.3. The van der Waals surface area contributed by atoms with Crippen LogP contribution in [0.2, 0.25) is 18.6 Å². The van der Waals surface area contributed by atoms with Gasteiger partial charge in [0.05, 0.1) is 25.9 Å². The highest BCUT2D eigenvalue weighted by atomic mass is 28.4. The molecule has 0 spiro atoms. The van der Waals surface area contributed by atoms with Crippen LogP contribution < -0.4 is 15.0 Å². The van der Waals surface area contributed by atoms with Crippen LogP contribution in [-0.4, -0.2) is 73.1 Å². The number of likely N-dealkylation sites (tertiary alicyclic amines) is 1. The number of hydrogen-bond donors (Lipinski definition) is 2. The number of nitrogens with zero attached hydrogens (tertiary/aromatic N) is 2. The number of hydrogen-bond acceptors (Lipinski definition) is 7. The topological polar surface area (TPSA) is 110 Å². The predicted molar refractivity (Wildman–Crippen MR) is 142 cm³/mol. The highest BCUT2D eigenvalue weighted by Crippen LogP contribution is 2.47. The Morgan fingerprint density at radius 3 is 2.68 bits per heavy atom. The van der Waals surface area contributed by atoms with Crippen molar-refractivity contribution in [1.29, 1.82) is 0 Å². The molecule has 37 heavy (non-hydrogen) atoms. The minimum absolute atomic E-state index is 0.0511. The molecular formula is C27H38N2O7Si. The van der Waals surface area contributed by atoms with Gasteiger partial charge in [0.25, 0.3) is 5.56 Å². The smallest absolute Gasteiger partial charge is 0.297 e. The molecule has 2 aliphatic rings. The van der Waals surface area contributed by atoms with Gasteiger partial charge in [-0.15, -0.1) is 0 Å². The Labute approximate surface area is 218 Å². The van der Waals surface area contributed by atoms with E-state index in [1.807, 2.05) is 32.2 Å². The summed E-state index contributed by atoms with van der Waals surface area (Å²) in [5.74, 6) is 0.634. The van der Waals surface area contributed by atoms with Gasteiger partial charge in [0.2, 0.25) is 5.91 Å². The lowest BCUT2D eigenvalue weighted by atomic mass is 9.86. The van der Waals surface area contributed by atoms with Gasteiger partial charge in [-0.05, 0) is 56.3 Å². The average molecular weight is 531 g/mol. The zero-order valence-electron chi connectivity index (χ0n) is 22.2. The minimum Gasteiger partial charge on any atom is -0.491 e. The molecule has 0 bridgehead atoms. The summed E-state index contributed by atoms with van der Waals surface area (Å²) in [6.07, 6.45) is 2.71. The van der Waals surface area contributed by atoms with Crippen molar-refractivity contribution in [2.45, 2.75) is 63.1 Å². The Bertz CT molecular complexity index is 1180. The summed E-state index contributed by atoms with van der Waals surface area (Å²) in [6.45, 7) is 6.26. The molecular weight excluding hydrogens is 492 g/mol. The second-order valence-electron chi connectivity index (χ2n) is 10.6.